The predicted octanol–water partition coefficient (Wildman–Crippen LogP) is 8.65. The summed E-state index contributed by atoms with van der Waals surface area (Å²) in [7, 11) is 1.52. The molecule has 1 fully saturated rings. The molecular weight excluding hydrogens is 548 g/mol. The SMILES string of the molecule is COc1ccc(F)c(-c2ccc(COc3ccc4c(c3F)[C@@]3(CCC4(F)F)C[C@@H]3C(=O)O)cc2C2=CCCC2(C)C)c1. The van der Waals surface area contributed by atoms with Crippen LogP contribution in [0.5, 0.6) is 11.5 Å². The molecule has 220 valence electrons. The zero-order valence-corrected chi connectivity index (χ0v) is 23.7. The molecule has 1 saturated carbocycles. The molecule has 42 heavy (non-hydrogen) atoms. The van der Waals surface area contributed by atoms with Crippen LogP contribution in [0.25, 0.3) is 16.7 Å². The van der Waals surface area contributed by atoms with Gasteiger partial charge in [-0.15, -0.1) is 0 Å². The minimum Gasteiger partial charge on any atom is -0.497 e. The Balaban J connectivity index is 1.36. The molecule has 3 aliphatic carbocycles. The van der Waals surface area contributed by atoms with Gasteiger partial charge >= 0.3 is 5.97 Å². The second-order valence-corrected chi connectivity index (χ2v) is 12.3. The summed E-state index contributed by atoms with van der Waals surface area (Å²) in [6, 6.07) is 12.4. The maximum Gasteiger partial charge on any atom is 0.307 e. The van der Waals surface area contributed by atoms with Gasteiger partial charge < -0.3 is 14.6 Å². The molecule has 6 rings (SSSR count). The van der Waals surface area contributed by atoms with E-state index in [0.717, 1.165) is 30.0 Å². The van der Waals surface area contributed by atoms with Crippen LogP contribution in [0.1, 0.15) is 68.2 Å². The number of alkyl halides is 2. The Morgan fingerprint density at radius 1 is 0.976 bits per heavy atom. The Labute approximate surface area is 242 Å². The van der Waals surface area contributed by atoms with Gasteiger partial charge in [-0.1, -0.05) is 32.1 Å². The summed E-state index contributed by atoms with van der Waals surface area (Å²) in [5.74, 6) is -6.24. The van der Waals surface area contributed by atoms with E-state index in [1.54, 1.807) is 18.2 Å². The minimum absolute atomic E-state index is 0.0664. The Morgan fingerprint density at radius 2 is 1.76 bits per heavy atom. The predicted molar refractivity (Wildman–Crippen MR) is 151 cm³/mol. The monoisotopic (exact) mass is 580 g/mol. The Bertz CT molecular complexity index is 1630. The van der Waals surface area contributed by atoms with Crippen LogP contribution < -0.4 is 9.47 Å². The van der Waals surface area contributed by atoms with Crippen molar-refractivity contribution in [3.05, 3.63) is 88.5 Å². The molecule has 0 bridgehead atoms. The molecule has 1 N–H and O–H groups in total. The smallest absolute Gasteiger partial charge is 0.307 e. The van der Waals surface area contributed by atoms with Crippen molar-refractivity contribution in [2.24, 2.45) is 11.3 Å². The van der Waals surface area contributed by atoms with Gasteiger partial charge in [0, 0.05) is 28.5 Å². The van der Waals surface area contributed by atoms with E-state index in [9.17, 15) is 18.7 Å². The number of hydrogen-bond donors (Lipinski definition) is 1. The van der Waals surface area contributed by atoms with Gasteiger partial charge in [0.1, 0.15) is 18.2 Å². The molecular formula is C34H32F4O4. The number of carbonyl (C=O) groups is 1. The number of carboxylic acids is 1. The second-order valence-electron chi connectivity index (χ2n) is 12.3. The molecule has 0 saturated heterocycles. The van der Waals surface area contributed by atoms with Crippen LogP contribution in [0.3, 0.4) is 0 Å². The quantitative estimate of drug-likeness (QED) is 0.284. The van der Waals surface area contributed by atoms with Gasteiger partial charge in [-0.25, -0.2) is 17.6 Å². The highest BCUT2D eigenvalue weighted by Crippen LogP contribution is 2.65. The number of hydrogen-bond acceptors (Lipinski definition) is 3. The number of halogens is 4. The van der Waals surface area contributed by atoms with E-state index in [1.807, 2.05) is 12.1 Å². The standard InChI is InChI=1S/C34H32F4O4/c1-32(2)12-4-5-24(32)22-15-19(6-8-21(22)23-16-20(41-3)7-10-27(23)35)18-42-28-11-9-25-29(30(28)36)33(13-14-34(25,37)38)17-26(33)31(39)40/h5-11,15-16,26H,4,12-14,17-18H2,1-3H3,(H,39,40)/t26-,33+/m1/s1. The molecule has 0 aromatic heterocycles. The number of fused-ring (bicyclic) bond motifs is 2. The van der Waals surface area contributed by atoms with Crippen molar-refractivity contribution in [3.63, 3.8) is 0 Å². The van der Waals surface area contributed by atoms with Crippen LogP contribution >= 0.6 is 0 Å². The number of rotatable bonds is 7. The highest BCUT2D eigenvalue weighted by Gasteiger charge is 2.65. The molecule has 3 aromatic carbocycles. The Morgan fingerprint density at radius 3 is 2.43 bits per heavy atom. The Kier molecular flexibility index (Phi) is 6.67. The maximum absolute atomic E-state index is 15.9. The van der Waals surface area contributed by atoms with Gasteiger partial charge in [0.15, 0.2) is 11.6 Å². The van der Waals surface area contributed by atoms with Crippen molar-refractivity contribution in [1.82, 2.24) is 0 Å². The van der Waals surface area contributed by atoms with E-state index in [4.69, 9.17) is 9.47 Å². The van der Waals surface area contributed by atoms with Crippen molar-refractivity contribution in [3.8, 4) is 22.6 Å². The lowest BCUT2D eigenvalue weighted by Crippen LogP contribution is -2.31. The fourth-order valence-electron chi connectivity index (χ4n) is 6.88. The first-order valence-corrected chi connectivity index (χ1v) is 14.1. The van der Waals surface area contributed by atoms with E-state index in [1.165, 1.54) is 19.2 Å². The van der Waals surface area contributed by atoms with E-state index >= 15 is 8.78 Å². The van der Waals surface area contributed by atoms with E-state index in [2.05, 4.69) is 19.9 Å². The summed E-state index contributed by atoms with van der Waals surface area (Å²) in [6.45, 7) is 4.21. The number of aliphatic carboxylic acids is 1. The molecule has 4 nitrogen and oxygen atoms in total. The molecule has 0 amide bonds. The minimum atomic E-state index is -3.24. The zero-order chi connectivity index (χ0) is 30.0. The summed E-state index contributed by atoms with van der Waals surface area (Å²) >= 11 is 0. The molecule has 8 heteroatoms. The van der Waals surface area contributed by atoms with E-state index < -0.39 is 41.0 Å². The second kappa shape index (κ2) is 9.89. The number of allylic oxidation sites excluding steroid dienone is 2. The first-order valence-electron chi connectivity index (χ1n) is 14.1. The van der Waals surface area contributed by atoms with Crippen molar-refractivity contribution in [2.45, 2.75) is 63.9 Å². The Hall–Kier alpha value is -3.81. The first-order chi connectivity index (χ1) is 19.9. The third kappa shape index (κ3) is 4.56. The van der Waals surface area contributed by atoms with Gasteiger partial charge in [-0.2, -0.15) is 0 Å². The molecule has 3 aromatic rings. The number of ether oxygens (including phenoxy) is 2. The van der Waals surface area contributed by atoms with Crippen LogP contribution in [0.2, 0.25) is 0 Å². The van der Waals surface area contributed by atoms with Crippen LogP contribution in [-0.4, -0.2) is 18.2 Å². The maximum atomic E-state index is 15.9. The molecule has 0 radical (unpaired) electrons. The normalized spacial score (nSPS) is 23.3. The fourth-order valence-corrected chi connectivity index (χ4v) is 6.88. The highest BCUT2D eigenvalue weighted by molar-refractivity contribution is 5.85. The largest absolute Gasteiger partial charge is 0.497 e. The highest BCUT2D eigenvalue weighted by atomic mass is 19.3. The summed E-state index contributed by atoms with van der Waals surface area (Å²) in [5.41, 5.74) is 1.69. The van der Waals surface area contributed by atoms with Crippen LogP contribution in [-0.2, 0) is 22.7 Å². The number of benzene rings is 3. The number of methoxy groups -OCH3 is 1. The van der Waals surface area contributed by atoms with Gasteiger partial charge in [0.05, 0.1) is 13.0 Å². The van der Waals surface area contributed by atoms with Crippen molar-refractivity contribution >= 4 is 11.5 Å². The lowest BCUT2D eigenvalue weighted by Gasteiger charge is -2.33. The van der Waals surface area contributed by atoms with Gasteiger partial charge in [-0.05, 0) is 89.8 Å². The number of carboxylic acid groups (broad SMARTS) is 1. The molecule has 0 heterocycles. The van der Waals surface area contributed by atoms with Crippen molar-refractivity contribution in [2.75, 3.05) is 7.11 Å². The first kappa shape index (κ1) is 28.3. The summed E-state index contributed by atoms with van der Waals surface area (Å²) < 4.78 is 71.7. The van der Waals surface area contributed by atoms with Crippen LogP contribution in [0, 0.1) is 23.0 Å². The summed E-state index contributed by atoms with van der Waals surface area (Å²) in [5, 5.41) is 9.57. The lowest BCUT2D eigenvalue weighted by molar-refractivity contribution is -0.139. The topological polar surface area (TPSA) is 55.8 Å². The van der Waals surface area contributed by atoms with E-state index in [0.29, 0.717) is 22.4 Å². The molecule has 1 spiro atoms. The fraction of sp³-hybridized carbons (Fsp3) is 0.382. The van der Waals surface area contributed by atoms with Crippen LogP contribution in [0.4, 0.5) is 17.6 Å². The van der Waals surface area contributed by atoms with E-state index in [-0.39, 0.29) is 42.0 Å². The average molecular weight is 581 g/mol. The third-order valence-electron chi connectivity index (χ3n) is 9.34. The van der Waals surface area contributed by atoms with Gasteiger partial charge in [-0.3, -0.25) is 4.79 Å². The van der Waals surface area contributed by atoms with Crippen molar-refractivity contribution in [1.29, 1.82) is 0 Å². The zero-order valence-electron chi connectivity index (χ0n) is 23.7. The average Bonchev–Trinajstić information content (AvgIpc) is 3.57. The van der Waals surface area contributed by atoms with Crippen molar-refractivity contribution < 1.29 is 36.9 Å². The molecule has 0 unspecified atom stereocenters. The summed E-state index contributed by atoms with van der Waals surface area (Å²) in [6.07, 6.45) is 3.49. The lowest BCUT2D eigenvalue weighted by atomic mass is 9.76. The summed E-state index contributed by atoms with van der Waals surface area (Å²) in [4.78, 5) is 11.7. The van der Waals surface area contributed by atoms with Gasteiger partial charge in [0.2, 0.25) is 0 Å². The third-order valence-corrected chi connectivity index (χ3v) is 9.34. The molecule has 3 aliphatic rings. The van der Waals surface area contributed by atoms with Gasteiger partial charge in [0.25, 0.3) is 5.92 Å². The van der Waals surface area contributed by atoms with Crippen LogP contribution in [0.15, 0.2) is 54.6 Å². The molecule has 0 aliphatic heterocycles. The molecule has 2 atom stereocenters.